The molecule has 3 rings (SSSR count). The molecule has 0 radical (unpaired) electrons. The van der Waals surface area contributed by atoms with Gasteiger partial charge in [-0.15, -0.1) is 11.3 Å². The van der Waals surface area contributed by atoms with Gasteiger partial charge < -0.3 is 14.4 Å². The lowest BCUT2D eigenvalue weighted by Crippen LogP contribution is -2.46. The predicted octanol–water partition coefficient (Wildman–Crippen LogP) is 3.52. The van der Waals surface area contributed by atoms with Crippen LogP contribution in [0, 0.1) is 0 Å². The summed E-state index contributed by atoms with van der Waals surface area (Å²) < 4.78 is 39.0. The SMILES string of the molecule is CCCCOc1ccc(C(=O)N2CCC(NS(=O)(=O)c3cccs3)CC2)cc1OC. The molecule has 30 heavy (non-hydrogen) atoms. The highest BCUT2D eigenvalue weighted by atomic mass is 32.2. The predicted molar refractivity (Wildman–Crippen MR) is 117 cm³/mol. The van der Waals surface area contributed by atoms with Gasteiger partial charge in [-0.25, -0.2) is 13.1 Å². The van der Waals surface area contributed by atoms with Gasteiger partial charge in [0.05, 0.1) is 13.7 Å². The molecule has 2 heterocycles. The van der Waals surface area contributed by atoms with E-state index in [0.717, 1.165) is 12.8 Å². The Kier molecular flexibility index (Phi) is 7.74. The van der Waals surface area contributed by atoms with Crippen molar-refractivity contribution >= 4 is 27.3 Å². The van der Waals surface area contributed by atoms with Crippen LogP contribution in [0.3, 0.4) is 0 Å². The van der Waals surface area contributed by atoms with Crippen LogP contribution in [-0.4, -0.2) is 52.1 Å². The minimum Gasteiger partial charge on any atom is -0.493 e. The Bertz CT molecular complexity index is 936. The first-order chi connectivity index (χ1) is 14.4. The molecule has 1 N–H and O–H groups in total. The third-order valence-corrected chi connectivity index (χ3v) is 7.95. The Hall–Kier alpha value is -2.10. The van der Waals surface area contributed by atoms with Crippen molar-refractivity contribution in [1.29, 1.82) is 0 Å². The van der Waals surface area contributed by atoms with E-state index in [0.29, 0.717) is 53.8 Å². The number of nitrogens with zero attached hydrogens (tertiary/aromatic N) is 1. The largest absolute Gasteiger partial charge is 0.493 e. The summed E-state index contributed by atoms with van der Waals surface area (Å²) in [5.41, 5.74) is 0.535. The average molecular weight is 453 g/mol. The second kappa shape index (κ2) is 10.3. The van der Waals surface area contributed by atoms with Crippen molar-refractivity contribution in [3.63, 3.8) is 0 Å². The smallest absolute Gasteiger partial charge is 0.253 e. The summed E-state index contributed by atoms with van der Waals surface area (Å²) in [7, 11) is -1.94. The molecule has 9 heteroatoms. The van der Waals surface area contributed by atoms with Gasteiger partial charge >= 0.3 is 0 Å². The van der Waals surface area contributed by atoms with E-state index >= 15 is 0 Å². The molecule has 1 aromatic carbocycles. The number of carbonyl (C=O) groups excluding carboxylic acids is 1. The van der Waals surface area contributed by atoms with Gasteiger partial charge in [0.15, 0.2) is 11.5 Å². The van der Waals surface area contributed by atoms with E-state index in [-0.39, 0.29) is 11.9 Å². The van der Waals surface area contributed by atoms with Crippen LogP contribution in [0.1, 0.15) is 43.0 Å². The number of benzene rings is 1. The van der Waals surface area contributed by atoms with E-state index in [4.69, 9.17) is 9.47 Å². The van der Waals surface area contributed by atoms with Gasteiger partial charge in [-0.05, 0) is 48.9 Å². The molecule has 1 aliphatic heterocycles. The first-order valence-corrected chi connectivity index (χ1v) is 12.5. The Morgan fingerprint density at radius 1 is 1.23 bits per heavy atom. The van der Waals surface area contributed by atoms with E-state index < -0.39 is 10.0 Å². The molecule has 164 valence electrons. The second-order valence-corrected chi connectivity index (χ2v) is 10.1. The van der Waals surface area contributed by atoms with Crippen molar-refractivity contribution < 1.29 is 22.7 Å². The number of unbranched alkanes of at least 4 members (excludes halogenated alkanes) is 1. The normalized spacial score (nSPS) is 15.2. The van der Waals surface area contributed by atoms with E-state index in [1.165, 1.54) is 11.3 Å². The standard InChI is InChI=1S/C21H28N2O5S2/c1-3-4-13-28-18-8-7-16(15-19(18)27-2)21(24)23-11-9-17(10-12-23)22-30(25,26)20-6-5-14-29-20/h5-8,14-15,17,22H,3-4,9-13H2,1-2H3. The minimum atomic E-state index is -3.50. The molecular formula is C21H28N2O5S2. The maximum Gasteiger partial charge on any atom is 0.253 e. The highest BCUT2D eigenvalue weighted by Crippen LogP contribution is 2.29. The highest BCUT2D eigenvalue weighted by molar-refractivity contribution is 7.91. The Morgan fingerprint density at radius 3 is 2.63 bits per heavy atom. The maximum atomic E-state index is 12.9. The van der Waals surface area contributed by atoms with E-state index in [9.17, 15) is 13.2 Å². The minimum absolute atomic E-state index is 0.0898. The van der Waals surface area contributed by atoms with Crippen molar-refractivity contribution in [2.24, 2.45) is 0 Å². The van der Waals surface area contributed by atoms with E-state index in [1.807, 2.05) is 0 Å². The number of amides is 1. The van der Waals surface area contributed by atoms with E-state index in [1.54, 1.807) is 47.7 Å². The van der Waals surface area contributed by atoms with Crippen molar-refractivity contribution in [1.82, 2.24) is 9.62 Å². The molecule has 1 aliphatic rings. The first kappa shape index (κ1) is 22.6. The van der Waals surface area contributed by atoms with Gasteiger partial charge in [-0.1, -0.05) is 19.4 Å². The topological polar surface area (TPSA) is 84.9 Å². The Labute approximate surface area is 182 Å². The lowest BCUT2D eigenvalue weighted by molar-refractivity contribution is 0.0711. The van der Waals surface area contributed by atoms with Crippen molar-refractivity contribution in [2.75, 3.05) is 26.8 Å². The van der Waals surface area contributed by atoms with Gasteiger partial charge in [0.1, 0.15) is 4.21 Å². The summed E-state index contributed by atoms with van der Waals surface area (Å²) in [6.07, 6.45) is 3.14. The molecule has 0 bridgehead atoms. The third kappa shape index (κ3) is 5.53. The van der Waals surface area contributed by atoms with Gasteiger partial charge in [-0.2, -0.15) is 0 Å². The fourth-order valence-corrected chi connectivity index (χ4v) is 5.64. The highest BCUT2D eigenvalue weighted by Gasteiger charge is 2.28. The molecule has 1 amide bonds. The molecule has 0 unspecified atom stereocenters. The lowest BCUT2D eigenvalue weighted by atomic mass is 10.0. The zero-order chi connectivity index (χ0) is 21.6. The number of ether oxygens (including phenoxy) is 2. The number of rotatable bonds is 9. The van der Waals surface area contributed by atoms with Crippen molar-refractivity contribution in [2.45, 2.75) is 42.9 Å². The number of nitrogens with one attached hydrogen (secondary N) is 1. The summed E-state index contributed by atoms with van der Waals surface area (Å²) in [5, 5.41) is 1.74. The molecule has 1 fully saturated rings. The summed E-state index contributed by atoms with van der Waals surface area (Å²) >= 11 is 1.19. The molecule has 0 atom stereocenters. The quantitative estimate of drug-likeness (QED) is 0.589. The van der Waals surface area contributed by atoms with Gasteiger partial charge in [0.2, 0.25) is 10.0 Å². The Morgan fingerprint density at radius 2 is 2.00 bits per heavy atom. The summed E-state index contributed by atoms with van der Waals surface area (Å²) in [4.78, 5) is 14.7. The number of thiophene rings is 1. The molecule has 0 aliphatic carbocycles. The molecular weight excluding hydrogens is 424 g/mol. The monoisotopic (exact) mass is 452 g/mol. The summed E-state index contributed by atoms with van der Waals surface area (Å²) in [6.45, 7) is 3.69. The number of sulfonamides is 1. The number of likely N-dealkylation sites (tertiary alicyclic amines) is 1. The number of carbonyl (C=O) groups is 1. The van der Waals surface area contributed by atoms with Crippen LogP contribution in [0.4, 0.5) is 0 Å². The van der Waals surface area contributed by atoms with Gasteiger partial charge in [-0.3, -0.25) is 4.79 Å². The molecule has 7 nitrogen and oxygen atoms in total. The zero-order valence-corrected chi connectivity index (χ0v) is 18.9. The molecule has 0 saturated carbocycles. The molecule has 1 aromatic heterocycles. The van der Waals surface area contributed by atoms with Crippen LogP contribution < -0.4 is 14.2 Å². The third-order valence-electron chi connectivity index (χ3n) is 5.03. The van der Waals surface area contributed by atoms with Gasteiger partial charge in [0, 0.05) is 24.7 Å². The number of hydrogen-bond acceptors (Lipinski definition) is 6. The maximum absolute atomic E-state index is 12.9. The summed E-state index contributed by atoms with van der Waals surface area (Å²) in [6, 6.07) is 8.35. The fourth-order valence-electron chi connectivity index (χ4n) is 3.32. The zero-order valence-electron chi connectivity index (χ0n) is 17.3. The summed E-state index contributed by atoms with van der Waals surface area (Å²) in [5.74, 6) is 1.08. The van der Waals surface area contributed by atoms with Crippen LogP contribution in [0.25, 0.3) is 0 Å². The van der Waals surface area contributed by atoms with Gasteiger partial charge in [0.25, 0.3) is 5.91 Å². The first-order valence-electron chi connectivity index (χ1n) is 10.1. The molecule has 2 aromatic rings. The van der Waals surface area contributed by atoms with Crippen LogP contribution in [0.2, 0.25) is 0 Å². The lowest BCUT2D eigenvalue weighted by Gasteiger charge is -2.32. The van der Waals surface area contributed by atoms with E-state index in [2.05, 4.69) is 11.6 Å². The molecule has 0 spiro atoms. The number of methoxy groups -OCH3 is 1. The van der Waals surface area contributed by atoms with Crippen molar-refractivity contribution in [3.8, 4) is 11.5 Å². The van der Waals surface area contributed by atoms with Crippen molar-refractivity contribution in [3.05, 3.63) is 41.3 Å². The fraction of sp³-hybridized carbons (Fsp3) is 0.476. The number of hydrogen-bond donors (Lipinski definition) is 1. The second-order valence-electron chi connectivity index (χ2n) is 7.19. The molecule has 1 saturated heterocycles. The van der Waals surface area contributed by atoms with Crippen LogP contribution in [0.5, 0.6) is 11.5 Å². The average Bonchev–Trinajstić information content (AvgIpc) is 3.30. The van der Waals surface area contributed by atoms with Crippen LogP contribution in [0.15, 0.2) is 39.9 Å². The Balaban J connectivity index is 1.58. The van der Waals surface area contributed by atoms with Crippen LogP contribution >= 0.6 is 11.3 Å². The van der Waals surface area contributed by atoms with Crippen LogP contribution in [-0.2, 0) is 10.0 Å². The number of piperidine rings is 1.